The molecule has 0 spiro atoms. The fraction of sp³-hybridized carbons (Fsp3) is 0.217. The molecule has 0 radical (unpaired) electrons. The van der Waals surface area contributed by atoms with E-state index in [1.165, 1.54) is 11.8 Å². The molecule has 0 saturated carbocycles. The molecule has 156 valence electrons. The predicted molar refractivity (Wildman–Crippen MR) is 121 cm³/mol. The lowest BCUT2D eigenvalue weighted by Crippen LogP contribution is -2.49. The molecule has 2 aliphatic rings. The normalized spacial score (nSPS) is 15.9. The molecule has 3 aromatic rings. The Balaban J connectivity index is 1.26. The molecule has 0 aliphatic carbocycles. The summed E-state index contributed by atoms with van der Waals surface area (Å²) in [5.41, 5.74) is 2.30. The van der Waals surface area contributed by atoms with Crippen LogP contribution in [0.3, 0.4) is 0 Å². The first-order valence-corrected chi connectivity index (χ1v) is 11.2. The average molecular weight is 432 g/mol. The van der Waals surface area contributed by atoms with Crippen LogP contribution in [-0.4, -0.2) is 58.6 Å². The molecule has 0 atom stereocenters. The lowest BCUT2D eigenvalue weighted by atomic mass is 10.1. The predicted octanol–water partition coefficient (Wildman–Crippen LogP) is 3.15. The van der Waals surface area contributed by atoms with Crippen LogP contribution in [-0.2, 0) is 4.79 Å². The maximum atomic E-state index is 13.0. The molecule has 1 fully saturated rings. The van der Waals surface area contributed by atoms with Crippen molar-refractivity contribution in [3.63, 3.8) is 0 Å². The van der Waals surface area contributed by atoms with Gasteiger partial charge in [0.25, 0.3) is 5.91 Å². The number of fused-ring (bicyclic) bond motifs is 1. The number of nitrogens with zero attached hydrogens (tertiary/aromatic N) is 4. The Hall–Kier alpha value is -3.39. The molecule has 0 unspecified atom stereocenters. The summed E-state index contributed by atoms with van der Waals surface area (Å²) >= 11 is 1.49. The smallest absolute Gasteiger partial charge is 0.254 e. The number of aromatic nitrogens is 2. The van der Waals surface area contributed by atoms with Gasteiger partial charge >= 0.3 is 0 Å². The number of hydrogen-bond donors (Lipinski definition) is 1. The van der Waals surface area contributed by atoms with Gasteiger partial charge in [-0.05, 0) is 24.3 Å². The summed E-state index contributed by atoms with van der Waals surface area (Å²) in [6.45, 7) is 2.63. The standard InChI is InChI=1S/C23H21N5O2S/c29-21-15-31-19-7-6-17(14-18(19)25-21)23(30)28-12-10-27(11-13-28)20-8-9-24-22(26-20)16-4-2-1-3-5-16/h1-9,14H,10-13,15H2,(H,25,29). The minimum atomic E-state index is -0.0320. The number of carbonyl (C=O) groups excluding carboxylic acids is 2. The molecule has 1 saturated heterocycles. The van der Waals surface area contributed by atoms with Gasteiger partial charge in [-0.1, -0.05) is 30.3 Å². The van der Waals surface area contributed by atoms with Gasteiger partial charge in [0.2, 0.25) is 5.91 Å². The van der Waals surface area contributed by atoms with E-state index in [0.717, 1.165) is 22.0 Å². The van der Waals surface area contributed by atoms with Crippen LogP contribution in [0.15, 0.2) is 65.7 Å². The summed E-state index contributed by atoms with van der Waals surface area (Å²) in [6.07, 6.45) is 1.78. The molecule has 7 nitrogen and oxygen atoms in total. The van der Waals surface area contributed by atoms with Gasteiger partial charge in [-0.15, -0.1) is 11.8 Å². The number of carbonyl (C=O) groups is 2. The molecule has 31 heavy (non-hydrogen) atoms. The van der Waals surface area contributed by atoms with Crippen LogP contribution >= 0.6 is 11.8 Å². The van der Waals surface area contributed by atoms with E-state index >= 15 is 0 Å². The Kier molecular flexibility index (Phi) is 5.30. The second-order valence-electron chi connectivity index (χ2n) is 7.43. The van der Waals surface area contributed by atoms with Crippen LogP contribution in [0.25, 0.3) is 11.4 Å². The summed E-state index contributed by atoms with van der Waals surface area (Å²) in [5, 5.41) is 2.85. The third-order valence-corrected chi connectivity index (χ3v) is 6.50. The van der Waals surface area contributed by atoms with Crippen LogP contribution < -0.4 is 10.2 Å². The SMILES string of the molecule is O=C1CSc2ccc(C(=O)N3CCN(c4ccnc(-c5ccccc5)n4)CC3)cc2N1. The van der Waals surface area contributed by atoms with E-state index < -0.39 is 0 Å². The monoisotopic (exact) mass is 431 g/mol. The van der Waals surface area contributed by atoms with Gasteiger partial charge in [0, 0.05) is 48.4 Å². The van der Waals surface area contributed by atoms with Gasteiger partial charge in [0.05, 0.1) is 11.4 Å². The lowest BCUT2D eigenvalue weighted by molar-refractivity contribution is -0.113. The van der Waals surface area contributed by atoms with E-state index in [1.807, 2.05) is 53.4 Å². The van der Waals surface area contributed by atoms with Gasteiger partial charge in [-0.25, -0.2) is 9.97 Å². The summed E-state index contributed by atoms with van der Waals surface area (Å²) in [7, 11) is 0. The van der Waals surface area contributed by atoms with E-state index in [9.17, 15) is 9.59 Å². The molecule has 3 heterocycles. The van der Waals surface area contributed by atoms with Crippen molar-refractivity contribution in [2.45, 2.75) is 4.90 Å². The number of piperazine rings is 1. The Morgan fingerprint density at radius 1 is 1.00 bits per heavy atom. The van der Waals surface area contributed by atoms with Gasteiger partial charge < -0.3 is 15.1 Å². The highest BCUT2D eigenvalue weighted by Gasteiger charge is 2.25. The van der Waals surface area contributed by atoms with Crippen molar-refractivity contribution in [3.8, 4) is 11.4 Å². The summed E-state index contributed by atoms with van der Waals surface area (Å²) in [6, 6.07) is 17.4. The fourth-order valence-electron chi connectivity index (χ4n) is 3.79. The molecule has 0 bridgehead atoms. The highest BCUT2D eigenvalue weighted by atomic mass is 32.2. The Labute approximate surface area is 184 Å². The number of anilines is 2. The van der Waals surface area contributed by atoms with Crippen LogP contribution in [0.4, 0.5) is 11.5 Å². The van der Waals surface area contributed by atoms with E-state index in [0.29, 0.717) is 43.3 Å². The van der Waals surface area contributed by atoms with Crippen LogP contribution in [0.5, 0.6) is 0 Å². The molecule has 2 amide bonds. The van der Waals surface area contributed by atoms with E-state index in [4.69, 9.17) is 4.98 Å². The minimum absolute atomic E-state index is 0.0139. The molecule has 2 aromatic carbocycles. The maximum Gasteiger partial charge on any atom is 0.254 e. The fourth-order valence-corrected chi connectivity index (χ4v) is 4.58. The minimum Gasteiger partial charge on any atom is -0.353 e. The van der Waals surface area contributed by atoms with E-state index in [1.54, 1.807) is 12.3 Å². The number of hydrogen-bond acceptors (Lipinski definition) is 6. The first-order chi connectivity index (χ1) is 15.2. The van der Waals surface area contributed by atoms with Crippen molar-refractivity contribution < 1.29 is 9.59 Å². The summed E-state index contributed by atoms with van der Waals surface area (Å²) in [5.74, 6) is 1.94. The third kappa shape index (κ3) is 4.11. The quantitative estimate of drug-likeness (QED) is 0.686. The van der Waals surface area contributed by atoms with Gasteiger partial charge in [-0.2, -0.15) is 0 Å². The maximum absolute atomic E-state index is 13.0. The molecule has 1 aromatic heterocycles. The zero-order valence-electron chi connectivity index (χ0n) is 16.8. The van der Waals surface area contributed by atoms with Crippen LogP contribution in [0.1, 0.15) is 10.4 Å². The first kappa shape index (κ1) is 19.6. The largest absolute Gasteiger partial charge is 0.353 e. The van der Waals surface area contributed by atoms with Gasteiger partial charge in [0.1, 0.15) is 5.82 Å². The zero-order chi connectivity index (χ0) is 21.2. The Bertz CT molecular complexity index is 1130. The number of thioether (sulfide) groups is 1. The number of rotatable bonds is 3. The highest BCUT2D eigenvalue weighted by molar-refractivity contribution is 8.00. The first-order valence-electron chi connectivity index (χ1n) is 10.2. The number of amides is 2. The second-order valence-corrected chi connectivity index (χ2v) is 8.45. The lowest BCUT2D eigenvalue weighted by Gasteiger charge is -2.35. The van der Waals surface area contributed by atoms with Crippen LogP contribution in [0, 0.1) is 0 Å². The van der Waals surface area contributed by atoms with Crippen molar-refractivity contribution >= 4 is 35.1 Å². The van der Waals surface area contributed by atoms with Crippen molar-refractivity contribution in [2.24, 2.45) is 0 Å². The van der Waals surface area contributed by atoms with Crippen molar-refractivity contribution in [2.75, 3.05) is 42.1 Å². The summed E-state index contributed by atoms with van der Waals surface area (Å²) < 4.78 is 0. The van der Waals surface area contributed by atoms with E-state index in [-0.39, 0.29) is 11.8 Å². The zero-order valence-corrected chi connectivity index (χ0v) is 17.6. The second kappa shape index (κ2) is 8.39. The molecule has 5 rings (SSSR count). The molecule has 8 heteroatoms. The van der Waals surface area contributed by atoms with Crippen molar-refractivity contribution in [3.05, 3.63) is 66.4 Å². The highest BCUT2D eigenvalue weighted by Crippen LogP contribution is 2.32. The Morgan fingerprint density at radius 2 is 1.81 bits per heavy atom. The third-order valence-electron chi connectivity index (χ3n) is 5.42. The molecule has 1 N–H and O–H groups in total. The number of benzene rings is 2. The van der Waals surface area contributed by atoms with Crippen molar-refractivity contribution in [1.29, 1.82) is 0 Å². The Morgan fingerprint density at radius 3 is 2.61 bits per heavy atom. The summed E-state index contributed by atoms with van der Waals surface area (Å²) in [4.78, 5) is 38.8. The molecular formula is C23H21N5O2S. The van der Waals surface area contributed by atoms with E-state index in [2.05, 4.69) is 15.2 Å². The van der Waals surface area contributed by atoms with Gasteiger partial charge in [-0.3, -0.25) is 9.59 Å². The topological polar surface area (TPSA) is 78.4 Å². The average Bonchev–Trinajstić information content (AvgIpc) is 2.84. The molecule has 2 aliphatic heterocycles. The van der Waals surface area contributed by atoms with Crippen LogP contribution in [0.2, 0.25) is 0 Å². The molecular weight excluding hydrogens is 410 g/mol. The number of nitrogens with one attached hydrogen (secondary N) is 1. The van der Waals surface area contributed by atoms with Gasteiger partial charge in [0.15, 0.2) is 5.82 Å². The van der Waals surface area contributed by atoms with Crippen molar-refractivity contribution in [1.82, 2.24) is 14.9 Å².